The molecule has 1 aromatic carbocycles. The Hall–Kier alpha value is -2.77. The minimum Gasteiger partial charge on any atom is -0.452 e. The summed E-state index contributed by atoms with van der Waals surface area (Å²) in [7, 11) is 1.78. The fourth-order valence-corrected chi connectivity index (χ4v) is 3.01. The van der Waals surface area contributed by atoms with E-state index in [1.807, 2.05) is 0 Å². The second kappa shape index (κ2) is 7.87. The van der Waals surface area contributed by atoms with E-state index in [1.165, 1.54) is 17.4 Å². The van der Waals surface area contributed by atoms with E-state index < -0.39 is 5.97 Å². The molecule has 1 aliphatic rings. The molecule has 1 saturated carbocycles. The lowest BCUT2D eigenvalue weighted by atomic mass is 9.94. The third-order valence-corrected chi connectivity index (χ3v) is 4.56. The van der Waals surface area contributed by atoms with Gasteiger partial charge in [-0.1, -0.05) is 19.3 Å². The Morgan fingerprint density at radius 3 is 2.56 bits per heavy atom. The van der Waals surface area contributed by atoms with Crippen molar-refractivity contribution >= 4 is 11.9 Å². The quantitative estimate of drug-likeness (QED) is 0.766. The van der Waals surface area contributed by atoms with Crippen molar-refractivity contribution in [1.29, 1.82) is 0 Å². The highest BCUT2D eigenvalue weighted by atomic mass is 16.5. The number of hydrogen-bond acceptors (Lipinski definition) is 6. The molecule has 2 aromatic rings. The smallest absolute Gasteiger partial charge is 0.338 e. The average Bonchev–Trinajstić information content (AvgIpc) is 3.21. The van der Waals surface area contributed by atoms with Gasteiger partial charge in [-0.3, -0.25) is 4.79 Å². The minimum absolute atomic E-state index is 0.162. The van der Waals surface area contributed by atoms with Gasteiger partial charge in [0, 0.05) is 13.1 Å². The Kier molecular flexibility index (Phi) is 5.37. The molecule has 0 N–H and O–H groups in total. The SMILES string of the molecule is CN(C(=O)COC(=O)c1ccc(-n2cnnn2)cc1)C1CCCCC1. The standard InChI is InChI=1S/C17H21N5O3/c1-21(14-5-3-2-4-6-14)16(23)11-25-17(24)13-7-9-15(10-8-13)22-12-18-19-20-22/h7-10,12,14H,2-6,11H2,1H3. The number of carbonyl (C=O) groups excluding carboxylic acids is 2. The summed E-state index contributed by atoms with van der Waals surface area (Å²) in [6.45, 7) is -0.236. The van der Waals surface area contributed by atoms with E-state index in [-0.39, 0.29) is 18.6 Å². The third-order valence-electron chi connectivity index (χ3n) is 4.56. The first kappa shape index (κ1) is 17.1. The first-order valence-electron chi connectivity index (χ1n) is 8.41. The summed E-state index contributed by atoms with van der Waals surface area (Å²) in [6, 6.07) is 6.92. The van der Waals surface area contributed by atoms with Gasteiger partial charge in [0.2, 0.25) is 0 Å². The van der Waals surface area contributed by atoms with Crippen LogP contribution in [-0.2, 0) is 9.53 Å². The first-order chi connectivity index (χ1) is 12.1. The number of rotatable bonds is 5. The normalized spacial score (nSPS) is 14.9. The Labute approximate surface area is 145 Å². The van der Waals surface area contributed by atoms with Crippen LogP contribution in [0.4, 0.5) is 0 Å². The molecule has 0 spiro atoms. The molecular weight excluding hydrogens is 322 g/mol. The van der Waals surface area contributed by atoms with Crippen LogP contribution in [0.25, 0.3) is 5.69 Å². The third kappa shape index (κ3) is 4.20. The van der Waals surface area contributed by atoms with Crippen molar-refractivity contribution < 1.29 is 14.3 Å². The Morgan fingerprint density at radius 2 is 1.92 bits per heavy atom. The minimum atomic E-state index is -0.520. The molecule has 1 aliphatic carbocycles. The molecular formula is C17H21N5O3. The average molecular weight is 343 g/mol. The highest BCUT2D eigenvalue weighted by molar-refractivity contribution is 5.91. The number of ether oxygens (including phenoxy) is 1. The lowest BCUT2D eigenvalue weighted by molar-refractivity contribution is -0.135. The van der Waals surface area contributed by atoms with Crippen molar-refractivity contribution in [3.63, 3.8) is 0 Å². The van der Waals surface area contributed by atoms with Crippen LogP contribution in [0.2, 0.25) is 0 Å². The van der Waals surface area contributed by atoms with Crippen molar-refractivity contribution in [2.45, 2.75) is 38.1 Å². The summed E-state index contributed by atoms with van der Waals surface area (Å²) in [5, 5.41) is 10.9. The number of esters is 1. The van der Waals surface area contributed by atoms with Crippen LogP contribution >= 0.6 is 0 Å². The summed E-state index contributed by atoms with van der Waals surface area (Å²) < 4.78 is 6.64. The molecule has 0 bridgehead atoms. The molecule has 8 heteroatoms. The maximum absolute atomic E-state index is 12.2. The van der Waals surface area contributed by atoms with Gasteiger partial charge in [-0.05, 0) is 47.5 Å². The number of hydrogen-bond donors (Lipinski definition) is 0. The molecule has 1 fully saturated rings. The van der Waals surface area contributed by atoms with Crippen LogP contribution < -0.4 is 0 Å². The predicted octanol–water partition coefficient (Wildman–Crippen LogP) is 1.61. The lowest BCUT2D eigenvalue weighted by Crippen LogP contribution is -2.40. The number of amides is 1. The largest absolute Gasteiger partial charge is 0.452 e. The van der Waals surface area contributed by atoms with E-state index in [9.17, 15) is 9.59 Å². The lowest BCUT2D eigenvalue weighted by Gasteiger charge is -2.31. The second-order valence-corrected chi connectivity index (χ2v) is 6.17. The van der Waals surface area contributed by atoms with Crippen LogP contribution in [0.15, 0.2) is 30.6 Å². The molecule has 1 heterocycles. The zero-order valence-corrected chi connectivity index (χ0v) is 14.2. The van der Waals surface area contributed by atoms with E-state index in [2.05, 4.69) is 15.5 Å². The molecule has 0 unspecified atom stereocenters. The van der Waals surface area contributed by atoms with E-state index >= 15 is 0 Å². The molecule has 1 aromatic heterocycles. The van der Waals surface area contributed by atoms with Crippen LogP contribution in [0.5, 0.6) is 0 Å². The molecule has 0 saturated heterocycles. The Morgan fingerprint density at radius 1 is 1.20 bits per heavy atom. The molecule has 132 valence electrons. The second-order valence-electron chi connectivity index (χ2n) is 6.17. The van der Waals surface area contributed by atoms with Gasteiger partial charge in [0.25, 0.3) is 5.91 Å². The summed E-state index contributed by atoms with van der Waals surface area (Å²) in [5.74, 6) is -0.681. The molecule has 8 nitrogen and oxygen atoms in total. The first-order valence-corrected chi connectivity index (χ1v) is 8.41. The zero-order chi connectivity index (χ0) is 17.6. The van der Waals surface area contributed by atoms with Gasteiger partial charge in [-0.25, -0.2) is 9.48 Å². The number of benzene rings is 1. The summed E-state index contributed by atoms with van der Waals surface area (Å²) in [6.07, 6.45) is 7.04. The number of likely N-dealkylation sites (N-methyl/N-ethyl adjacent to an activating group) is 1. The van der Waals surface area contributed by atoms with Gasteiger partial charge in [-0.15, -0.1) is 5.10 Å². The van der Waals surface area contributed by atoms with E-state index in [0.717, 1.165) is 31.4 Å². The van der Waals surface area contributed by atoms with E-state index in [4.69, 9.17) is 4.74 Å². The van der Waals surface area contributed by atoms with Crippen molar-refractivity contribution in [2.24, 2.45) is 0 Å². The Balaban J connectivity index is 1.52. The van der Waals surface area contributed by atoms with Gasteiger partial charge >= 0.3 is 5.97 Å². The summed E-state index contributed by atoms with van der Waals surface area (Å²) in [5.41, 5.74) is 1.11. The molecule has 25 heavy (non-hydrogen) atoms. The molecule has 0 aliphatic heterocycles. The zero-order valence-electron chi connectivity index (χ0n) is 14.2. The maximum Gasteiger partial charge on any atom is 0.338 e. The Bertz CT molecular complexity index is 708. The van der Waals surface area contributed by atoms with E-state index in [0.29, 0.717) is 5.56 Å². The van der Waals surface area contributed by atoms with E-state index in [1.54, 1.807) is 36.2 Å². The predicted molar refractivity (Wildman–Crippen MR) is 89.1 cm³/mol. The van der Waals surface area contributed by atoms with Crippen LogP contribution in [0.1, 0.15) is 42.5 Å². The fourth-order valence-electron chi connectivity index (χ4n) is 3.01. The molecule has 1 amide bonds. The van der Waals surface area contributed by atoms with Crippen LogP contribution in [0, 0.1) is 0 Å². The fraction of sp³-hybridized carbons (Fsp3) is 0.471. The van der Waals surface area contributed by atoms with Crippen molar-refractivity contribution in [3.8, 4) is 5.69 Å². The maximum atomic E-state index is 12.2. The van der Waals surface area contributed by atoms with Gasteiger partial charge in [0.15, 0.2) is 6.61 Å². The number of nitrogens with zero attached hydrogens (tertiary/aromatic N) is 5. The molecule has 3 rings (SSSR count). The monoisotopic (exact) mass is 343 g/mol. The van der Waals surface area contributed by atoms with Crippen molar-refractivity contribution in [1.82, 2.24) is 25.1 Å². The topological polar surface area (TPSA) is 90.2 Å². The molecule has 0 radical (unpaired) electrons. The number of tetrazole rings is 1. The van der Waals surface area contributed by atoms with Gasteiger partial charge in [-0.2, -0.15) is 0 Å². The summed E-state index contributed by atoms with van der Waals surface area (Å²) >= 11 is 0. The summed E-state index contributed by atoms with van der Waals surface area (Å²) in [4.78, 5) is 26.0. The number of aromatic nitrogens is 4. The van der Waals surface area contributed by atoms with Gasteiger partial charge in [0.05, 0.1) is 11.3 Å². The molecule has 0 atom stereocenters. The van der Waals surface area contributed by atoms with Crippen LogP contribution in [0.3, 0.4) is 0 Å². The van der Waals surface area contributed by atoms with Crippen molar-refractivity contribution in [2.75, 3.05) is 13.7 Å². The van der Waals surface area contributed by atoms with Crippen molar-refractivity contribution in [3.05, 3.63) is 36.2 Å². The van der Waals surface area contributed by atoms with Crippen LogP contribution in [-0.4, -0.2) is 56.7 Å². The number of carbonyl (C=O) groups is 2. The highest BCUT2D eigenvalue weighted by Gasteiger charge is 2.23. The van der Waals surface area contributed by atoms with Gasteiger partial charge < -0.3 is 9.64 Å². The van der Waals surface area contributed by atoms with Gasteiger partial charge in [0.1, 0.15) is 6.33 Å². The highest BCUT2D eigenvalue weighted by Crippen LogP contribution is 2.21.